The van der Waals surface area contributed by atoms with Crippen LogP contribution in [0, 0.1) is 5.92 Å². The first kappa shape index (κ1) is 19.6. The van der Waals surface area contributed by atoms with E-state index >= 15 is 0 Å². The maximum atomic E-state index is 12.4. The first-order valence-corrected chi connectivity index (χ1v) is 11.6. The summed E-state index contributed by atoms with van der Waals surface area (Å²) in [6.45, 7) is 4.76. The molecule has 1 atom stereocenters. The molecule has 7 nitrogen and oxygen atoms in total. The molecule has 1 aliphatic rings. The van der Waals surface area contributed by atoms with Crippen molar-refractivity contribution in [2.45, 2.75) is 43.9 Å². The van der Waals surface area contributed by atoms with E-state index in [1.165, 1.54) is 15.6 Å². The van der Waals surface area contributed by atoms with Gasteiger partial charge in [-0.2, -0.15) is 0 Å². The van der Waals surface area contributed by atoms with Gasteiger partial charge in [-0.15, -0.1) is 10.2 Å². The van der Waals surface area contributed by atoms with Gasteiger partial charge in [-0.05, 0) is 25.0 Å². The molecule has 1 fully saturated rings. The number of hydrogen-bond donors (Lipinski definition) is 1. The maximum absolute atomic E-state index is 12.4. The molecule has 1 N–H and O–H groups in total. The van der Waals surface area contributed by atoms with Gasteiger partial charge in [0.25, 0.3) is 0 Å². The van der Waals surface area contributed by atoms with Gasteiger partial charge in [-0.25, -0.2) is 12.7 Å². The molecule has 0 aromatic carbocycles. The summed E-state index contributed by atoms with van der Waals surface area (Å²) in [4.78, 5) is 12.4. The monoisotopic (exact) mass is 392 g/mol. The molecule has 1 saturated heterocycles. The number of aromatic nitrogens is 2. The molecular weight excluding hydrogens is 368 g/mol. The highest BCUT2D eigenvalue weighted by molar-refractivity contribution is 8.01. The molecule has 0 aliphatic carbocycles. The van der Waals surface area contributed by atoms with Gasteiger partial charge in [0.05, 0.1) is 11.7 Å². The number of nitrogens with one attached hydrogen (secondary N) is 1. The van der Waals surface area contributed by atoms with E-state index in [-0.39, 0.29) is 24.1 Å². The summed E-state index contributed by atoms with van der Waals surface area (Å²) in [5.41, 5.74) is 0. The summed E-state index contributed by atoms with van der Waals surface area (Å²) in [7, 11) is -3.26. The number of thioether (sulfide) groups is 1. The molecule has 0 radical (unpaired) electrons. The highest BCUT2D eigenvalue weighted by atomic mass is 32.2. The van der Waals surface area contributed by atoms with Crippen molar-refractivity contribution >= 4 is 44.2 Å². The quantitative estimate of drug-likeness (QED) is 0.539. The number of nitrogens with zero attached hydrogens (tertiary/aromatic N) is 3. The van der Waals surface area contributed by atoms with Crippen LogP contribution < -0.4 is 5.32 Å². The zero-order valence-electron chi connectivity index (χ0n) is 14.0. The molecule has 1 aromatic heterocycles. The third-order valence-corrected chi connectivity index (χ3v) is 7.59. The van der Waals surface area contributed by atoms with Gasteiger partial charge < -0.3 is 5.32 Å². The fourth-order valence-electron chi connectivity index (χ4n) is 2.51. The van der Waals surface area contributed by atoms with Gasteiger partial charge in [0.15, 0.2) is 4.34 Å². The fourth-order valence-corrected chi connectivity index (χ4v) is 5.89. The van der Waals surface area contributed by atoms with Gasteiger partial charge in [-0.3, -0.25) is 4.79 Å². The lowest BCUT2D eigenvalue weighted by Crippen LogP contribution is -2.44. The molecule has 136 valence electrons. The summed E-state index contributed by atoms with van der Waals surface area (Å²) in [5.74, 6) is 0.553. The molecule has 10 heteroatoms. The van der Waals surface area contributed by atoms with Crippen molar-refractivity contribution in [2.24, 2.45) is 5.92 Å². The maximum Gasteiger partial charge on any atom is 0.230 e. The summed E-state index contributed by atoms with van der Waals surface area (Å²) < 4.78 is 26.9. The van der Waals surface area contributed by atoms with Gasteiger partial charge in [0.2, 0.25) is 21.1 Å². The lowest BCUT2D eigenvalue weighted by atomic mass is 9.99. The molecule has 2 rings (SSSR count). The molecule has 1 amide bonds. The van der Waals surface area contributed by atoms with E-state index in [0.29, 0.717) is 30.9 Å². The van der Waals surface area contributed by atoms with Crippen molar-refractivity contribution in [3.05, 3.63) is 0 Å². The van der Waals surface area contributed by atoms with Crippen molar-refractivity contribution in [1.29, 1.82) is 0 Å². The minimum Gasteiger partial charge on any atom is -0.300 e. The topological polar surface area (TPSA) is 92.3 Å². The molecule has 2 heterocycles. The number of carbonyl (C=O) groups is 1. The van der Waals surface area contributed by atoms with Crippen LogP contribution in [-0.2, 0) is 14.8 Å². The second-order valence-electron chi connectivity index (χ2n) is 5.66. The number of amides is 1. The molecule has 1 aliphatic heterocycles. The Bertz CT molecular complexity index is 647. The van der Waals surface area contributed by atoms with Gasteiger partial charge in [-0.1, -0.05) is 43.4 Å². The van der Waals surface area contributed by atoms with Crippen LogP contribution in [0.25, 0.3) is 0 Å². The smallest absolute Gasteiger partial charge is 0.230 e. The van der Waals surface area contributed by atoms with Crippen LogP contribution in [0.3, 0.4) is 0 Å². The van der Waals surface area contributed by atoms with Crippen molar-refractivity contribution in [3.8, 4) is 0 Å². The van der Waals surface area contributed by atoms with E-state index in [0.717, 1.165) is 16.5 Å². The van der Waals surface area contributed by atoms with Crippen LogP contribution in [-0.4, -0.2) is 53.4 Å². The van der Waals surface area contributed by atoms with E-state index in [1.807, 2.05) is 13.8 Å². The Balaban J connectivity index is 1.94. The summed E-state index contributed by atoms with van der Waals surface area (Å²) >= 11 is 2.92. The van der Waals surface area contributed by atoms with E-state index in [4.69, 9.17) is 0 Å². The van der Waals surface area contributed by atoms with E-state index in [2.05, 4.69) is 15.5 Å². The van der Waals surface area contributed by atoms with Crippen LogP contribution in [0.15, 0.2) is 4.34 Å². The Hall–Kier alpha value is -0.710. The summed E-state index contributed by atoms with van der Waals surface area (Å²) in [6.07, 6.45) is 2.89. The first-order valence-electron chi connectivity index (χ1n) is 8.21. The molecule has 0 spiro atoms. The number of carbonyl (C=O) groups excluding carboxylic acids is 1. The van der Waals surface area contributed by atoms with E-state index in [9.17, 15) is 13.2 Å². The average Bonchev–Trinajstić information content (AvgIpc) is 3.00. The lowest BCUT2D eigenvalue weighted by molar-refractivity contribution is -0.120. The number of piperidine rings is 1. The van der Waals surface area contributed by atoms with Crippen molar-refractivity contribution in [1.82, 2.24) is 14.5 Å². The normalized spacial score (nSPS) is 19.3. The average molecular weight is 393 g/mol. The Morgan fingerprint density at radius 2 is 2.21 bits per heavy atom. The largest absolute Gasteiger partial charge is 0.300 e. The van der Waals surface area contributed by atoms with Crippen LogP contribution in [0.1, 0.15) is 39.5 Å². The van der Waals surface area contributed by atoms with Crippen molar-refractivity contribution < 1.29 is 13.2 Å². The van der Waals surface area contributed by atoms with Crippen LogP contribution in [0.4, 0.5) is 5.13 Å². The molecule has 0 saturated carbocycles. The summed E-state index contributed by atoms with van der Waals surface area (Å²) in [5, 5.41) is 11.2. The predicted molar refractivity (Wildman–Crippen MR) is 97.9 cm³/mol. The number of unbranched alkanes of at least 4 members (excludes halogenated alkanes) is 1. The number of anilines is 1. The van der Waals surface area contributed by atoms with Crippen molar-refractivity contribution in [3.63, 3.8) is 0 Å². The Morgan fingerprint density at radius 3 is 2.92 bits per heavy atom. The van der Waals surface area contributed by atoms with E-state index in [1.54, 1.807) is 11.8 Å². The molecule has 1 aromatic rings. The van der Waals surface area contributed by atoms with E-state index < -0.39 is 10.0 Å². The molecule has 0 unspecified atom stereocenters. The van der Waals surface area contributed by atoms with Crippen molar-refractivity contribution in [2.75, 3.05) is 29.9 Å². The highest BCUT2D eigenvalue weighted by Crippen LogP contribution is 2.26. The second kappa shape index (κ2) is 9.12. The SMILES string of the molecule is CCCCS(=O)(=O)N1CCC[C@H](C(=O)Nc2nnc(SCC)s2)C1. The summed E-state index contributed by atoms with van der Waals surface area (Å²) in [6, 6.07) is 0. The molecule has 0 bridgehead atoms. The van der Waals surface area contributed by atoms with Gasteiger partial charge >= 0.3 is 0 Å². The van der Waals surface area contributed by atoms with Gasteiger partial charge in [0.1, 0.15) is 0 Å². The van der Waals surface area contributed by atoms with Crippen LogP contribution in [0.2, 0.25) is 0 Å². The zero-order chi connectivity index (χ0) is 17.6. The molecule has 24 heavy (non-hydrogen) atoms. The van der Waals surface area contributed by atoms with Gasteiger partial charge in [0, 0.05) is 13.1 Å². The third-order valence-electron chi connectivity index (χ3n) is 3.81. The Labute approximate surface area is 151 Å². The Kier molecular flexibility index (Phi) is 7.45. The first-order chi connectivity index (χ1) is 11.5. The second-order valence-corrected chi connectivity index (χ2v) is 10.2. The third kappa shape index (κ3) is 5.40. The highest BCUT2D eigenvalue weighted by Gasteiger charge is 2.32. The lowest BCUT2D eigenvalue weighted by Gasteiger charge is -2.31. The Morgan fingerprint density at radius 1 is 1.42 bits per heavy atom. The minimum absolute atomic E-state index is 0.159. The standard InChI is InChI=1S/C14H24N4O3S3/c1-3-5-9-24(20,21)18-8-6-7-11(10-18)12(19)15-13-16-17-14(23-13)22-4-2/h11H,3-10H2,1-2H3,(H,15,16,19)/t11-/m0/s1. The van der Waals surface area contributed by atoms with Crippen LogP contribution >= 0.6 is 23.1 Å². The number of sulfonamides is 1. The molecular formula is C14H24N4O3S3. The fraction of sp³-hybridized carbons (Fsp3) is 0.786. The number of rotatable bonds is 8. The number of hydrogen-bond acceptors (Lipinski definition) is 7. The zero-order valence-corrected chi connectivity index (χ0v) is 16.5. The van der Waals surface area contributed by atoms with Crippen LogP contribution in [0.5, 0.6) is 0 Å². The predicted octanol–water partition coefficient (Wildman–Crippen LogP) is 2.43. The minimum atomic E-state index is -3.26.